The van der Waals surface area contributed by atoms with Crippen molar-refractivity contribution in [3.63, 3.8) is 0 Å². The molecule has 0 bridgehead atoms. The van der Waals surface area contributed by atoms with Gasteiger partial charge in [-0.2, -0.15) is 4.31 Å². The third-order valence-electron chi connectivity index (χ3n) is 4.14. The van der Waals surface area contributed by atoms with E-state index in [1.165, 1.54) is 29.6 Å². The van der Waals surface area contributed by atoms with Crippen molar-refractivity contribution < 1.29 is 27.9 Å². The van der Waals surface area contributed by atoms with Gasteiger partial charge in [-0.3, -0.25) is 4.79 Å². The number of ether oxygens (including phenoxy) is 1. The molecule has 1 heterocycles. The van der Waals surface area contributed by atoms with Crippen LogP contribution in [0.3, 0.4) is 0 Å². The second kappa shape index (κ2) is 6.29. The zero-order valence-corrected chi connectivity index (χ0v) is 14.0. The van der Waals surface area contributed by atoms with Crippen LogP contribution in [0.4, 0.5) is 0 Å². The monoisotopic (exact) mass is 341 g/mol. The molecule has 1 aromatic rings. The molecule has 23 heavy (non-hydrogen) atoms. The average Bonchev–Trinajstić information content (AvgIpc) is 2.89. The molecule has 0 aromatic heterocycles. The molecular weight excluding hydrogens is 322 g/mol. The Bertz CT molecular complexity index is 742. The topological polar surface area (TPSA) is 101 Å². The van der Waals surface area contributed by atoms with Crippen molar-refractivity contribution in [2.24, 2.45) is 11.8 Å². The summed E-state index contributed by atoms with van der Waals surface area (Å²) in [5.41, 5.74) is 0.782. The van der Waals surface area contributed by atoms with E-state index in [9.17, 15) is 18.0 Å². The fourth-order valence-corrected chi connectivity index (χ4v) is 4.38. The van der Waals surface area contributed by atoms with Gasteiger partial charge in [-0.15, -0.1) is 0 Å². The van der Waals surface area contributed by atoms with Crippen LogP contribution in [0, 0.1) is 18.8 Å². The Hall–Kier alpha value is -1.93. The van der Waals surface area contributed by atoms with Crippen LogP contribution < -0.4 is 0 Å². The average molecular weight is 341 g/mol. The Balaban J connectivity index is 2.32. The fraction of sp³-hybridized carbons (Fsp3) is 0.467. The standard InChI is InChI=1S/C15H19NO6S/c1-9-6-11(4-5-12(9)15(19)22-3)23(20,21)16-7-10(2)13(8-16)14(17)18/h4-6,10,13H,7-8H2,1-3H3,(H,17,18)/t10-,13-/m1/s1. The number of aliphatic carboxylic acids is 1. The van der Waals surface area contributed by atoms with E-state index in [2.05, 4.69) is 4.74 Å². The van der Waals surface area contributed by atoms with Crippen molar-refractivity contribution in [3.05, 3.63) is 29.3 Å². The normalized spacial score (nSPS) is 22.0. The van der Waals surface area contributed by atoms with Crippen LogP contribution in [0.1, 0.15) is 22.8 Å². The van der Waals surface area contributed by atoms with E-state index in [0.717, 1.165) is 0 Å². The van der Waals surface area contributed by atoms with Crippen molar-refractivity contribution in [1.29, 1.82) is 0 Å². The number of aryl methyl sites for hydroxylation is 1. The van der Waals surface area contributed by atoms with Gasteiger partial charge in [-0.05, 0) is 36.6 Å². The smallest absolute Gasteiger partial charge is 0.338 e. The molecule has 1 saturated heterocycles. The number of rotatable bonds is 4. The predicted octanol–water partition coefficient (Wildman–Crippen LogP) is 1.12. The third-order valence-corrected chi connectivity index (χ3v) is 5.96. The number of carboxylic acids is 1. The van der Waals surface area contributed by atoms with Gasteiger partial charge in [0.15, 0.2) is 0 Å². The van der Waals surface area contributed by atoms with Gasteiger partial charge < -0.3 is 9.84 Å². The van der Waals surface area contributed by atoms with Crippen molar-refractivity contribution in [3.8, 4) is 0 Å². The summed E-state index contributed by atoms with van der Waals surface area (Å²) in [6, 6.07) is 4.15. The summed E-state index contributed by atoms with van der Waals surface area (Å²) in [7, 11) is -2.54. The minimum Gasteiger partial charge on any atom is -0.481 e. The second-order valence-electron chi connectivity index (χ2n) is 5.71. The van der Waals surface area contributed by atoms with E-state index < -0.39 is 27.9 Å². The summed E-state index contributed by atoms with van der Waals surface area (Å²) >= 11 is 0. The van der Waals surface area contributed by atoms with Gasteiger partial charge >= 0.3 is 11.9 Å². The minimum absolute atomic E-state index is 0.0425. The molecule has 0 amide bonds. The van der Waals surface area contributed by atoms with Gasteiger partial charge in [0.2, 0.25) is 10.0 Å². The van der Waals surface area contributed by atoms with E-state index in [0.29, 0.717) is 11.1 Å². The maximum Gasteiger partial charge on any atom is 0.338 e. The van der Waals surface area contributed by atoms with Crippen LogP contribution in [0.2, 0.25) is 0 Å². The fourth-order valence-electron chi connectivity index (χ4n) is 2.72. The molecule has 0 radical (unpaired) electrons. The first-order valence-electron chi connectivity index (χ1n) is 7.10. The van der Waals surface area contributed by atoms with Crippen LogP contribution in [0.25, 0.3) is 0 Å². The van der Waals surface area contributed by atoms with Crippen LogP contribution in [-0.4, -0.2) is 50.0 Å². The van der Waals surface area contributed by atoms with Gasteiger partial charge in [-0.1, -0.05) is 6.92 Å². The summed E-state index contributed by atoms with van der Waals surface area (Å²) in [6.07, 6.45) is 0. The zero-order valence-electron chi connectivity index (χ0n) is 13.1. The molecule has 126 valence electrons. The molecule has 0 aliphatic carbocycles. The van der Waals surface area contributed by atoms with Crippen LogP contribution in [0.5, 0.6) is 0 Å². The number of carbonyl (C=O) groups is 2. The summed E-state index contributed by atoms with van der Waals surface area (Å²) in [4.78, 5) is 22.8. The van der Waals surface area contributed by atoms with Gasteiger partial charge in [0.25, 0.3) is 0 Å². The Morgan fingerprint density at radius 3 is 2.43 bits per heavy atom. The number of sulfonamides is 1. The molecule has 1 aliphatic rings. The van der Waals surface area contributed by atoms with Crippen molar-refractivity contribution in [1.82, 2.24) is 4.31 Å². The number of carboxylic acid groups (broad SMARTS) is 1. The number of benzene rings is 1. The maximum atomic E-state index is 12.7. The maximum absolute atomic E-state index is 12.7. The highest BCUT2D eigenvalue weighted by atomic mass is 32.2. The second-order valence-corrected chi connectivity index (χ2v) is 7.65. The molecule has 1 fully saturated rings. The molecule has 0 unspecified atom stereocenters. The molecule has 8 heteroatoms. The lowest BCUT2D eigenvalue weighted by molar-refractivity contribution is -0.142. The first-order valence-corrected chi connectivity index (χ1v) is 8.54. The number of hydrogen-bond acceptors (Lipinski definition) is 5. The summed E-state index contributed by atoms with van der Waals surface area (Å²) < 4.78 is 31.2. The van der Waals surface area contributed by atoms with Crippen LogP contribution >= 0.6 is 0 Å². The predicted molar refractivity (Wildman–Crippen MR) is 81.6 cm³/mol. The van der Waals surface area contributed by atoms with Crippen molar-refractivity contribution in [2.75, 3.05) is 20.2 Å². The molecule has 1 aliphatic heterocycles. The van der Waals surface area contributed by atoms with Gasteiger partial charge in [0, 0.05) is 13.1 Å². The highest BCUT2D eigenvalue weighted by molar-refractivity contribution is 7.89. The number of esters is 1. The minimum atomic E-state index is -3.79. The highest BCUT2D eigenvalue weighted by Gasteiger charge is 2.40. The summed E-state index contributed by atoms with van der Waals surface area (Å²) in [6.45, 7) is 3.46. The number of carbonyl (C=O) groups excluding carboxylic acids is 1. The Morgan fingerprint density at radius 1 is 1.30 bits per heavy atom. The number of methoxy groups -OCH3 is 1. The zero-order chi connectivity index (χ0) is 17.4. The van der Waals surface area contributed by atoms with Crippen molar-refractivity contribution >= 4 is 22.0 Å². The lowest BCUT2D eigenvalue weighted by Gasteiger charge is -2.17. The third kappa shape index (κ3) is 3.23. The van der Waals surface area contributed by atoms with Crippen molar-refractivity contribution in [2.45, 2.75) is 18.7 Å². The SMILES string of the molecule is COC(=O)c1ccc(S(=O)(=O)N2C[C@@H](C)[C@H](C(=O)O)C2)cc1C. The highest BCUT2D eigenvalue weighted by Crippen LogP contribution is 2.29. The number of nitrogens with zero attached hydrogens (tertiary/aromatic N) is 1. The Kier molecular flexibility index (Phi) is 4.76. The summed E-state index contributed by atoms with van der Waals surface area (Å²) in [5, 5.41) is 9.13. The Labute approximate surface area is 134 Å². The lowest BCUT2D eigenvalue weighted by Crippen LogP contribution is -2.30. The summed E-state index contributed by atoms with van der Waals surface area (Å²) in [5.74, 6) is -2.49. The molecule has 1 N–H and O–H groups in total. The Morgan fingerprint density at radius 2 is 1.96 bits per heavy atom. The molecule has 7 nitrogen and oxygen atoms in total. The van der Waals surface area contributed by atoms with Gasteiger partial charge in [0.1, 0.15) is 0 Å². The lowest BCUT2D eigenvalue weighted by atomic mass is 9.99. The molecule has 0 spiro atoms. The molecule has 2 rings (SSSR count). The van der Waals surface area contributed by atoms with E-state index in [4.69, 9.17) is 5.11 Å². The van der Waals surface area contributed by atoms with Crippen LogP contribution in [-0.2, 0) is 19.6 Å². The molecular formula is C15H19NO6S. The molecule has 0 saturated carbocycles. The first kappa shape index (κ1) is 17.4. The van der Waals surface area contributed by atoms with Gasteiger partial charge in [-0.25, -0.2) is 13.2 Å². The van der Waals surface area contributed by atoms with E-state index in [-0.39, 0.29) is 23.9 Å². The van der Waals surface area contributed by atoms with E-state index in [1.54, 1.807) is 13.8 Å². The molecule has 1 aromatic carbocycles. The van der Waals surface area contributed by atoms with E-state index >= 15 is 0 Å². The molecule has 2 atom stereocenters. The quantitative estimate of drug-likeness (QED) is 0.824. The first-order chi connectivity index (χ1) is 10.7. The van der Waals surface area contributed by atoms with E-state index in [1.807, 2.05) is 0 Å². The number of hydrogen-bond donors (Lipinski definition) is 1. The largest absolute Gasteiger partial charge is 0.481 e. The van der Waals surface area contributed by atoms with Gasteiger partial charge in [0.05, 0.1) is 23.5 Å². The van der Waals surface area contributed by atoms with Crippen LogP contribution in [0.15, 0.2) is 23.1 Å².